The first kappa shape index (κ1) is 9.89. The topological polar surface area (TPSA) is 64.8 Å². The Kier molecular flexibility index (Phi) is 2.71. The van der Waals surface area contributed by atoms with Gasteiger partial charge in [0, 0.05) is 19.6 Å². The Balaban J connectivity index is 1.98. The van der Waals surface area contributed by atoms with E-state index < -0.39 is 5.54 Å². The van der Waals surface area contributed by atoms with Crippen LogP contribution in [0.4, 0.5) is 0 Å². The predicted octanol–water partition coefficient (Wildman–Crippen LogP) is -0.342. The van der Waals surface area contributed by atoms with E-state index >= 15 is 0 Å². The Morgan fingerprint density at radius 3 is 2.79 bits per heavy atom. The van der Waals surface area contributed by atoms with Crippen molar-refractivity contribution < 1.29 is 14.4 Å². The molecule has 0 aromatic carbocycles. The first-order valence-corrected chi connectivity index (χ1v) is 5.04. The van der Waals surface area contributed by atoms with Crippen LogP contribution in [-0.4, -0.2) is 42.9 Å². The fourth-order valence-corrected chi connectivity index (χ4v) is 1.75. The summed E-state index contributed by atoms with van der Waals surface area (Å²) in [5.74, 6) is -0.130. The second kappa shape index (κ2) is 3.84. The number of nitrogens with two attached hydrogens (primary N) is 1. The molecule has 2 heterocycles. The zero-order valence-corrected chi connectivity index (χ0v) is 8.20. The van der Waals surface area contributed by atoms with E-state index in [-0.39, 0.29) is 5.91 Å². The zero-order valence-electron chi connectivity index (χ0n) is 8.20. The van der Waals surface area contributed by atoms with E-state index in [1.165, 1.54) is 5.06 Å². The van der Waals surface area contributed by atoms with Crippen molar-refractivity contribution in [1.29, 1.82) is 0 Å². The molecule has 2 N–H and O–H groups in total. The van der Waals surface area contributed by atoms with Crippen LogP contribution in [0.2, 0.25) is 0 Å². The van der Waals surface area contributed by atoms with Gasteiger partial charge >= 0.3 is 0 Å². The molecule has 5 heteroatoms. The van der Waals surface area contributed by atoms with Crippen molar-refractivity contribution in [2.24, 2.45) is 5.73 Å². The normalized spacial score (nSPS) is 33.4. The summed E-state index contributed by atoms with van der Waals surface area (Å²) in [6.45, 7) is 2.14. The number of nitrogens with zero attached hydrogens (tertiary/aromatic N) is 1. The quantitative estimate of drug-likeness (QED) is 0.629. The lowest BCUT2D eigenvalue weighted by Crippen LogP contribution is -2.56. The maximum absolute atomic E-state index is 11.9. The lowest BCUT2D eigenvalue weighted by Gasteiger charge is -2.32. The van der Waals surface area contributed by atoms with Gasteiger partial charge in [-0.2, -0.15) is 0 Å². The van der Waals surface area contributed by atoms with Gasteiger partial charge in [0.05, 0.1) is 13.2 Å². The van der Waals surface area contributed by atoms with Gasteiger partial charge in [-0.25, -0.2) is 5.06 Å². The number of ether oxygens (including phenoxy) is 1. The first-order chi connectivity index (χ1) is 6.72. The molecule has 0 radical (unpaired) electrons. The maximum atomic E-state index is 11.9. The van der Waals surface area contributed by atoms with Gasteiger partial charge in [-0.05, 0) is 12.8 Å². The van der Waals surface area contributed by atoms with E-state index in [9.17, 15) is 4.79 Å². The first-order valence-electron chi connectivity index (χ1n) is 5.04. The Morgan fingerprint density at radius 1 is 1.36 bits per heavy atom. The number of rotatable bonds is 1. The standard InChI is InChI=1S/C9H16N2O3/c10-9(3-6-13-7-9)8(12)11-4-1-2-5-14-11/h1-7,10H2. The second-order valence-corrected chi connectivity index (χ2v) is 3.91. The lowest BCUT2D eigenvalue weighted by atomic mass is 9.99. The van der Waals surface area contributed by atoms with Crippen molar-refractivity contribution >= 4 is 5.91 Å². The second-order valence-electron chi connectivity index (χ2n) is 3.91. The maximum Gasteiger partial charge on any atom is 0.268 e. The molecule has 0 spiro atoms. The highest BCUT2D eigenvalue weighted by Gasteiger charge is 2.42. The van der Waals surface area contributed by atoms with E-state index in [4.69, 9.17) is 15.3 Å². The average Bonchev–Trinajstić information content (AvgIpc) is 2.67. The fraction of sp³-hybridized carbons (Fsp3) is 0.889. The highest BCUT2D eigenvalue weighted by atomic mass is 16.7. The van der Waals surface area contributed by atoms with Crippen LogP contribution in [0.25, 0.3) is 0 Å². The molecular weight excluding hydrogens is 184 g/mol. The van der Waals surface area contributed by atoms with E-state index in [1.54, 1.807) is 0 Å². The van der Waals surface area contributed by atoms with Gasteiger partial charge in [-0.15, -0.1) is 0 Å². The number of carbonyl (C=O) groups is 1. The molecule has 1 unspecified atom stereocenters. The van der Waals surface area contributed by atoms with Crippen LogP contribution in [-0.2, 0) is 14.4 Å². The molecule has 0 aromatic heterocycles. The minimum absolute atomic E-state index is 0.130. The van der Waals surface area contributed by atoms with Gasteiger partial charge in [0.2, 0.25) is 0 Å². The molecule has 2 aliphatic rings. The summed E-state index contributed by atoms with van der Waals surface area (Å²) >= 11 is 0. The van der Waals surface area contributed by atoms with Gasteiger partial charge in [0.1, 0.15) is 5.54 Å². The third-order valence-electron chi connectivity index (χ3n) is 2.71. The molecule has 80 valence electrons. The summed E-state index contributed by atoms with van der Waals surface area (Å²) in [6.07, 6.45) is 2.59. The molecule has 1 atom stereocenters. The van der Waals surface area contributed by atoms with Crippen molar-refractivity contribution in [3.63, 3.8) is 0 Å². The monoisotopic (exact) mass is 200 g/mol. The Hall–Kier alpha value is -0.650. The molecule has 0 aliphatic carbocycles. The van der Waals surface area contributed by atoms with E-state index in [0.717, 1.165) is 12.8 Å². The molecule has 2 fully saturated rings. The molecule has 0 aromatic rings. The minimum Gasteiger partial charge on any atom is -0.379 e. The summed E-state index contributed by atoms with van der Waals surface area (Å²) in [5.41, 5.74) is 5.09. The van der Waals surface area contributed by atoms with E-state index in [2.05, 4.69) is 0 Å². The highest BCUT2D eigenvalue weighted by molar-refractivity contribution is 5.85. The van der Waals surface area contributed by atoms with Gasteiger partial charge in [-0.3, -0.25) is 9.63 Å². The summed E-state index contributed by atoms with van der Waals surface area (Å²) < 4.78 is 5.14. The van der Waals surface area contributed by atoms with Crippen LogP contribution in [0.5, 0.6) is 0 Å². The number of amides is 1. The van der Waals surface area contributed by atoms with Crippen LogP contribution in [0, 0.1) is 0 Å². The minimum atomic E-state index is -0.850. The largest absolute Gasteiger partial charge is 0.379 e. The van der Waals surface area contributed by atoms with Crippen LogP contribution in [0.15, 0.2) is 0 Å². The summed E-state index contributed by atoms with van der Waals surface area (Å²) in [4.78, 5) is 17.2. The van der Waals surface area contributed by atoms with Gasteiger partial charge < -0.3 is 10.5 Å². The SMILES string of the molecule is NC1(C(=O)N2CCCCO2)CCOC1. The number of hydrogen-bond donors (Lipinski definition) is 1. The third-order valence-corrected chi connectivity index (χ3v) is 2.71. The summed E-state index contributed by atoms with van der Waals surface area (Å²) in [6, 6.07) is 0. The molecule has 1 amide bonds. The molecule has 14 heavy (non-hydrogen) atoms. The van der Waals surface area contributed by atoms with Gasteiger partial charge in [0.25, 0.3) is 5.91 Å². The number of hydroxylamine groups is 2. The van der Waals surface area contributed by atoms with Crippen molar-refractivity contribution in [1.82, 2.24) is 5.06 Å². The lowest BCUT2D eigenvalue weighted by molar-refractivity contribution is -0.202. The van der Waals surface area contributed by atoms with Gasteiger partial charge in [-0.1, -0.05) is 0 Å². The van der Waals surface area contributed by atoms with Crippen LogP contribution in [0.3, 0.4) is 0 Å². The number of hydrogen-bond acceptors (Lipinski definition) is 4. The van der Waals surface area contributed by atoms with Crippen molar-refractivity contribution in [2.75, 3.05) is 26.4 Å². The fourth-order valence-electron chi connectivity index (χ4n) is 1.75. The highest BCUT2D eigenvalue weighted by Crippen LogP contribution is 2.20. The van der Waals surface area contributed by atoms with Crippen LogP contribution < -0.4 is 5.73 Å². The molecule has 2 aliphatic heterocycles. The molecule has 0 saturated carbocycles. The molecule has 2 rings (SSSR count). The van der Waals surface area contributed by atoms with Crippen LogP contribution in [0.1, 0.15) is 19.3 Å². The van der Waals surface area contributed by atoms with Crippen molar-refractivity contribution in [3.05, 3.63) is 0 Å². The van der Waals surface area contributed by atoms with Crippen molar-refractivity contribution in [3.8, 4) is 0 Å². The van der Waals surface area contributed by atoms with Gasteiger partial charge in [0.15, 0.2) is 0 Å². The average molecular weight is 200 g/mol. The smallest absolute Gasteiger partial charge is 0.268 e. The predicted molar refractivity (Wildman–Crippen MR) is 49.3 cm³/mol. The summed E-state index contributed by atoms with van der Waals surface area (Å²) in [7, 11) is 0. The molecular formula is C9H16N2O3. The van der Waals surface area contributed by atoms with E-state index in [1.807, 2.05) is 0 Å². The Morgan fingerprint density at radius 2 is 2.21 bits per heavy atom. The molecule has 2 saturated heterocycles. The van der Waals surface area contributed by atoms with E-state index in [0.29, 0.717) is 32.8 Å². The molecule has 5 nitrogen and oxygen atoms in total. The summed E-state index contributed by atoms with van der Waals surface area (Å²) in [5, 5.41) is 1.40. The Labute approximate surface area is 83.1 Å². The van der Waals surface area contributed by atoms with Crippen LogP contribution >= 0.6 is 0 Å². The van der Waals surface area contributed by atoms with Crippen molar-refractivity contribution in [2.45, 2.75) is 24.8 Å². The zero-order chi connectivity index (χ0) is 10.0. The molecule has 0 bridgehead atoms. The number of carbonyl (C=O) groups excluding carboxylic acids is 1. The third kappa shape index (κ3) is 1.75. The Bertz CT molecular complexity index is 220.